The molecule has 9 nitrogen and oxygen atoms in total. The number of nitrogens with one attached hydrogen (secondary N) is 1. The van der Waals surface area contributed by atoms with Crippen LogP contribution in [-0.4, -0.2) is 68.9 Å². The third kappa shape index (κ3) is 4.24. The maximum absolute atomic E-state index is 13.0. The van der Waals surface area contributed by atoms with Crippen molar-refractivity contribution in [2.45, 2.75) is 38.6 Å². The number of carbonyl (C=O) groups is 2. The largest absolute Gasteiger partial charge is 0.354 e. The molecule has 0 aliphatic carbocycles. The number of hydrogen-bond acceptors (Lipinski definition) is 7. The van der Waals surface area contributed by atoms with Crippen LogP contribution in [0.1, 0.15) is 48.8 Å². The van der Waals surface area contributed by atoms with Gasteiger partial charge in [0.25, 0.3) is 5.91 Å². The van der Waals surface area contributed by atoms with Crippen molar-refractivity contribution in [3.05, 3.63) is 42.2 Å². The lowest BCUT2D eigenvalue weighted by Gasteiger charge is -2.21. The maximum Gasteiger partial charge on any atom is 0.274 e. The van der Waals surface area contributed by atoms with Gasteiger partial charge in [0.2, 0.25) is 11.9 Å². The highest BCUT2D eigenvalue weighted by molar-refractivity contribution is 5.93. The number of anilines is 1. The first kappa shape index (κ1) is 20.2. The van der Waals surface area contributed by atoms with Gasteiger partial charge in [0.15, 0.2) is 0 Å². The molecule has 158 valence electrons. The Hall–Kier alpha value is -3.10. The van der Waals surface area contributed by atoms with Gasteiger partial charge in [0, 0.05) is 56.7 Å². The molecule has 2 fully saturated rings. The molecule has 2 aliphatic rings. The van der Waals surface area contributed by atoms with Crippen molar-refractivity contribution < 1.29 is 9.59 Å². The number of aromatic nitrogens is 4. The zero-order chi connectivity index (χ0) is 21.1. The minimum absolute atomic E-state index is 0.0217. The summed E-state index contributed by atoms with van der Waals surface area (Å²) in [6, 6.07) is 1.88. The van der Waals surface area contributed by atoms with Gasteiger partial charge in [0.05, 0.1) is 17.8 Å². The second kappa shape index (κ2) is 8.73. The molecular weight excluding hydrogens is 382 g/mol. The SMILES string of the molecule is CC(C)NC(=O)[C@@H]1CN(C(=O)c2cnccn2)C[C@H]1c1ccnc(N2CCCC2)n1. The Morgan fingerprint density at radius 3 is 2.60 bits per heavy atom. The van der Waals surface area contributed by atoms with Crippen molar-refractivity contribution in [3.63, 3.8) is 0 Å². The molecule has 0 bridgehead atoms. The van der Waals surface area contributed by atoms with Gasteiger partial charge in [-0.3, -0.25) is 14.6 Å². The van der Waals surface area contributed by atoms with Crippen molar-refractivity contribution >= 4 is 17.8 Å². The molecule has 4 rings (SSSR count). The lowest BCUT2D eigenvalue weighted by molar-refractivity contribution is -0.125. The lowest BCUT2D eigenvalue weighted by Crippen LogP contribution is -2.39. The van der Waals surface area contributed by atoms with Crippen LogP contribution in [0.3, 0.4) is 0 Å². The van der Waals surface area contributed by atoms with Crippen LogP contribution in [0.2, 0.25) is 0 Å². The predicted molar refractivity (Wildman–Crippen MR) is 111 cm³/mol. The van der Waals surface area contributed by atoms with Gasteiger partial charge in [-0.25, -0.2) is 15.0 Å². The number of hydrogen-bond donors (Lipinski definition) is 1. The number of nitrogens with zero attached hydrogens (tertiary/aromatic N) is 6. The summed E-state index contributed by atoms with van der Waals surface area (Å²) in [7, 11) is 0. The van der Waals surface area contributed by atoms with Gasteiger partial charge in [0.1, 0.15) is 5.69 Å². The van der Waals surface area contributed by atoms with E-state index < -0.39 is 0 Å². The number of amides is 2. The third-order valence-corrected chi connectivity index (χ3v) is 5.59. The highest BCUT2D eigenvalue weighted by Gasteiger charge is 2.42. The number of rotatable bonds is 5. The summed E-state index contributed by atoms with van der Waals surface area (Å²) in [6.45, 7) is 6.48. The highest BCUT2D eigenvalue weighted by atomic mass is 16.2. The van der Waals surface area contributed by atoms with Gasteiger partial charge in [-0.2, -0.15) is 0 Å². The Bertz CT molecular complexity index is 899. The van der Waals surface area contributed by atoms with Crippen LogP contribution in [0.5, 0.6) is 0 Å². The molecule has 2 atom stereocenters. The number of carbonyl (C=O) groups excluding carboxylic acids is 2. The van der Waals surface area contributed by atoms with Crippen LogP contribution in [0, 0.1) is 5.92 Å². The molecule has 2 aromatic rings. The summed E-state index contributed by atoms with van der Waals surface area (Å²) in [5.41, 5.74) is 1.08. The molecular formula is C21H27N7O2. The van der Waals surface area contributed by atoms with Crippen molar-refractivity contribution in [2.24, 2.45) is 5.92 Å². The second-order valence-corrected chi connectivity index (χ2v) is 8.15. The standard InChI is InChI=1S/C21H27N7O2/c1-14(2)25-19(29)16-13-28(20(30)18-11-22-7-8-23-18)12-15(16)17-5-6-24-21(26-17)27-9-3-4-10-27/h5-8,11,14-16H,3-4,9-10,12-13H2,1-2H3,(H,25,29)/t15-,16-/m1/s1. The fraction of sp³-hybridized carbons (Fsp3) is 0.524. The summed E-state index contributed by atoms with van der Waals surface area (Å²) >= 11 is 0. The van der Waals surface area contributed by atoms with E-state index in [1.54, 1.807) is 11.1 Å². The van der Waals surface area contributed by atoms with Gasteiger partial charge in [-0.15, -0.1) is 0 Å². The lowest BCUT2D eigenvalue weighted by atomic mass is 9.91. The topological polar surface area (TPSA) is 104 Å². The molecule has 2 aliphatic heterocycles. The van der Waals surface area contributed by atoms with Crippen LogP contribution in [0.25, 0.3) is 0 Å². The smallest absolute Gasteiger partial charge is 0.274 e. The van der Waals surface area contributed by atoms with Crippen LogP contribution in [0.4, 0.5) is 5.95 Å². The molecule has 2 amide bonds. The molecule has 30 heavy (non-hydrogen) atoms. The quantitative estimate of drug-likeness (QED) is 0.792. The van der Waals surface area contributed by atoms with Gasteiger partial charge in [-0.05, 0) is 32.8 Å². The minimum atomic E-state index is -0.380. The summed E-state index contributed by atoms with van der Waals surface area (Å²) in [4.78, 5) is 47.1. The second-order valence-electron chi connectivity index (χ2n) is 8.15. The van der Waals surface area contributed by atoms with E-state index in [-0.39, 0.29) is 35.4 Å². The van der Waals surface area contributed by atoms with E-state index in [2.05, 4.69) is 25.2 Å². The molecule has 0 saturated carbocycles. The van der Waals surface area contributed by atoms with Gasteiger partial charge in [-0.1, -0.05) is 0 Å². The van der Waals surface area contributed by atoms with Crippen LogP contribution in [-0.2, 0) is 4.79 Å². The monoisotopic (exact) mass is 409 g/mol. The first-order valence-electron chi connectivity index (χ1n) is 10.5. The molecule has 0 spiro atoms. The normalized spacial score (nSPS) is 21.3. The molecule has 0 unspecified atom stereocenters. The fourth-order valence-corrected chi connectivity index (χ4v) is 4.14. The van der Waals surface area contributed by atoms with Crippen molar-refractivity contribution in [1.29, 1.82) is 0 Å². The maximum atomic E-state index is 13.0. The minimum Gasteiger partial charge on any atom is -0.354 e. The summed E-state index contributed by atoms with van der Waals surface area (Å²) < 4.78 is 0. The molecule has 2 saturated heterocycles. The number of likely N-dealkylation sites (tertiary alicyclic amines) is 1. The molecule has 0 radical (unpaired) electrons. The van der Waals surface area contributed by atoms with Crippen LogP contribution in [0.15, 0.2) is 30.9 Å². The van der Waals surface area contributed by atoms with Crippen molar-refractivity contribution in [3.8, 4) is 0 Å². The summed E-state index contributed by atoms with van der Waals surface area (Å²) in [5, 5.41) is 2.99. The average Bonchev–Trinajstić information content (AvgIpc) is 3.44. The molecule has 1 N–H and O–H groups in total. The van der Waals surface area contributed by atoms with E-state index in [4.69, 9.17) is 4.98 Å². The molecule has 0 aromatic carbocycles. The van der Waals surface area contributed by atoms with Crippen LogP contribution >= 0.6 is 0 Å². The molecule has 4 heterocycles. The average molecular weight is 409 g/mol. The van der Waals surface area contributed by atoms with Gasteiger partial charge < -0.3 is 15.1 Å². The summed E-state index contributed by atoms with van der Waals surface area (Å²) in [5.74, 6) is -0.164. The van der Waals surface area contributed by atoms with Crippen molar-refractivity contribution in [1.82, 2.24) is 30.2 Å². The zero-order valence-electron chi connectivity index (χ0n) is 17.4. The van der Waals surface area contributed by atoms with E-state index >= 15 is 0 Å². The first-order valence-corrected chi connectivity index (χ1v) is 10.5. The Kier molecular flexibility index (Phi) is 5.87. The van der Waals surface area contributed by atoms with Crippen molar-refractivity contribution in [2.75, 3.05) is 31.1 Å². The summed E-state index contributed by atoms with van der Waals surface area (Å²) in [6.07, 6.45) is 8.50. The third-order valence-electron chi connectivity index (χ3n) is 5.59. The van der Waals surface area contributed by atoms with E-state index in [0.29, 0.717) is 19.0 Å². The fourth-order valence-electron chi connectivity index (χ4n) is 4.14. The Balaban J connectivity index is 1.61. The van der Waals surface area contributed by atoms with Gasteiger partial charge >= 0.3 is 0 Å². The van der Waals surface area contributed by atoms with E-state index in [9.17, 15) is 9.59 Å². The highest BCUT2D eigenvalue weighted by Crippen LogP contribution is 2.33. The Labute approximate surface area is 175 Å². The Morgan fingerprint density at radius 1 is 1.10 bits per heavy atom. The predicted octanol–water partition coefficient (Wildman–Crippen LogP) is 1.25. The molecule has 9 heteroatoms. The first-order chi connectivity index (χ1) is 14.5. The van der Waals surface area contributed by atoms with E-state index in [0.717, 1.165) is 31.6 Å². The molecule has 2 aromatic heterocycles. The zero-order valence-corrected chi connectivity index (χ0v) is 17.4. The van der Waals surface area contributed by atoms with Crippen LogP contribution < -0.4 is 10.2 Å². The van der Waals surface area contributed by atoms with E-state index in [1.165, 1.54) is 18.6 Å². The Morgan fingerprint density at radius 2 is 1.90 bits per heavy atom. The van der Waals surface area contributed by atoms with E-state index in [1.807, 2.05) is 19.9 Å².